The second-order valence-corrected chi connectivity index (χ2v) is 7.72. The molecule has 5 heteroatoms. The van der Waals surface area contributed by atoms with Crippen molar-refractivity contribution in [2.45, 2.75) is 51.6 Å². The lowest BCUT2D eigenvalue weighted by Gasteiger charge is -2.22. The van der Waals surface area contributed by atoms with Crippen LogP contribution >= 0.6 is 22.7 Å². The van der Waals surface area contributed by atoms with Gasteiger partial charge in [-0.2, -0.15) is 0 Å². The van der Waals surface area contributed by atoms with Crippen LogP contribution in [0, 0.1) is 0 Å². The fourth-order valence-electron chi connectivity index (χ4n) is 3.02. The molecule has 0 aromatic carbocycles. The van der Waals surface area contributed by atoms with E-state index in [4.69, 9.17) is 10.5 Å². The van der Waals surface area contributed by atoms with E-state index in [1.807, 2.05) is 17.5 Å². The molecule has 118 valence electrons. The molecule has 1 saturated carbocycles. The highest BCUT2D eigenvalue weighted by atomic mass is 32.1. The molecule has 2 aromatic rings. The molecular weight excluding hydrogens is 314 g/mol. The summed E-state index contributed by atoms with van der Waals surface area (Å²) in [5.41, 5.74) is 7.72. The molecule has 2 heterocycles. The maximum atomic E-state index is 12.7. The number of carbonyl (C=O) groups is 1. The van der Waals surface area contributed by atoms with Crippen LogP contribution in [-0.2, 0) is 11.2 Å². The van der Waals surface area contributed by atoms with Crippen molar-refractivity contribution in [2.24, 2.45) is 0 Å². The van der Waals surface area contributed by atoms with Crippen LogP contribution in [0.1, 0.15) is 54.3 Å². The van der Waals surface area contributed by atoms with Crippen LogP contribution in [0.2, 0.25) is 0 Å². The first-order chi connectivity index (χ1) is 10.7. The summed E-state index contributed by atoms with van der Waals surface area (Å²) in [7, 11) is 0. The van der Waals surface area contributed by atoms with Gasteiger partial charge in [0.25, 0.3) is 0 Å². The van der Waals surface area contributed by atoms with Gasteiger partial charge in [-0.25, -0.2) is 4.79 Å². The first kappa shape index (κ1) is 15.6. The minimum Gasteiger partial charge on any atom is -0.459 e. The largest absolute Gasteiger partial charge is 0.459 e. The predicted molar refractivity (Wildman–Crippen MR) is 93.7 cm³/mol. The number of rotatable bonds is 4. The number of nitrogen functional groups attached to an aromatic ring is 1. The third-order valence-corrected chi connectivity index (χ3v) is 6.18. The summed E-state index contributed by atoms with van der Waals surface area (Å²) in [6.45, 7) is 2.10. The molecule has 0 spiro atoms. The molecule has 0 radical (unpaired) electrons. The highest BCUT2D eigenvalue weighted by Crippen LogP contribution is 2.41. The molecule has 0 bridgehead atoms. The van der Waals surface area contributed by atoms with E-state index in [1.54, 1.807) is 11.3 Å². The molecule has 2 aromatic heterocycles. The standard InChI is InChI=1S/C17H21NO2S2/c1-2-12-14(13-9-6-10-21-13)15(16(18)22-12)17(19)20-11-7-4-3-5-8-11/h6,9-11H,2-5,7-8,18H2,1H3. The summed E-state index contributed by atoms with van der Waals surface area (Å²) in [4.78, 5) is 14.9. The Hall–Kier alpha value is -1.33. The second kappa shape index (κ2) is 6.84. The van der Waals surface area contributed by atoms with Crippen LogP contribution in [0.4, 0.5) is 5.00 Å². The van der Waals surface area contributed by atoms with Gasteiger partial charge in [0.05, 0.1) is 0 Å². The summed E-state index contributed by atoms with van der Waals surface area (Å²) in [6, 6.07) is 4.05. The van der Waals surface area contributed by atoms with E-state index in [1.165, 1.54) is 17.8 Å². The van der Waals surface area contributed by atoms with E-state index >= 15 is 0 Å². The first-order valence-electron chi connectivity index (χ1n) is 7.86. The number of hydrogen-bond donors (Lipinski definition) is 1. The molecule has 0 amide bonds. The zero-order valence-corrected chi connectivity index (χ0v) is 14.4. The van der Waals surface area contributed by atoms with E-state index in [0.29, 0.717) is 10.6 Å². The highest BCUT2D eigenvalue weighted by molar-refractivity contribution is 7.18. The predicted octanol–water partition coefficient (Wildman–Crippen LogP) is 5.11. The van der Waals surface area contributed by atoms with Crippen molar-refractivity contribution >= 4 is 33.6 Å². The maximum Gasteiger partial charge on any atom is 0.342 e. The van der Waals surface area contributed by atoms with Gasteiger partial charge in [-0.15, -0.1) is 22.7 Å². The summed E-state index contributed by atoms with van der Waals surface area (Å²) in [5, 5.41) is 2.61. The Morgan fingerprint density at radius 1 is 1.36 bits per heavy atom. The van der Waals surface area contributed by atoms with Crippen LogP contribution in [0.3, 0.4) is 0 Å². The molecule has 1 fully saturated rings. The summed E-state index contributed by atoms with van der Waals surface area (Å²) < 4.78 is 5.75. The molecule has 3 nitrogen and oxygen atoms in total. The lowest BCUT2D eigenvalue weighted by molar-refractivity contribution is 0.0214. The van der Waals surface area contributed by atoms with Crippen LogP contribution < -0.4 is 5.73 Å². The van der Waals surface area contributed by atoms with E-state index in [0.717, 1.165) is 47.4 Å². The van der Waals surface area contributed by atoms with Gasteiger partial charge in [-0.3, -0.25) is 0 Å². The Bertz CT molecular complexity index is 640. The van der Waals surface area contributed by atoms with E-state index in [-0.39, 0.29) is 12.1 Å². The van der Waals surface area contributed by atoms with Gasteiger partial charge < -0.3 is 10.5 Å². The molecule has 0 saturated heterocycles. The van der Waals surface area contributed by atoms with Crippen molar-refractivity contribution < 1.29 is 9.53 Å². The third-order valence-electron chi connectivity index (χ3n) is 4.13. The van der Waals surface area contributed by atoms with Gasteiger partial charge in [0.1, 0.15) is 16.7 Å². The molecule has 0 aliphatic heterocycles. The fraction of sp³-hybridized carbons (Fsp3) is 0.471. The van der Waals surface area contributed by atoms with Crippen molar-refractivity contribution in [3.05, 3.63) is 28.0 Å². The maximum absolute atomic E-state index is 12.7. The topological polar surface area (TPSA) is 52.3 Å². The first-order valence-corrected chi connectivity index (χ1v) is 9.56. The monoisotopic (exact) mass is 335 g/mol. The third kappa shape index (κ3) is 3.06. The SMILES string of the molecule is CCc1sc(N)c(C(=O)OC2CCCCC2)c1-c1cccs1. The van der Waals surface area contributed by atoms with Gasteiger partial charge in [-0.05, 0) is 43.6 Å². The average molecular weight is 335 g/mol. The Morgan fingerprint density at radius 2 is 2.14 bits per heavy atom. The van der Waals surface area contributed by atoms with Crippen molar-refractivity contribution in [2.75, 3.05) is 5.73 Å². The Kier molecular flexibility index (Phi) is 4.84. The Morgan fingerprint density at radius 3 is 2.77 bits per heavy atom. The number of anilines is 1. The second-order valence-electron chi connectivity index (χ2n) is 5.64. The molecule has 2 N–H and O–H groups in total. The van der Waals surface area contributed by atoms with Gasteiger partial charge in [0, 0.05) is 15.3 Å². The molecule has 1 aliphatic carbocycles. The zero-order valence-electron chi connectivity index (χ0n) is 12.8. The number of carbonyl (C=O) groups excluding carboxylic acids is 1. The van der Waals surface area contributed by atoms with Crippen molar-refractivity contribution in [1.29, 1.82) is 0 Å². The lowest BCUT2D eigenvalue weighted by Crippen LogP contribution is -2.21. The van der Waals surface area contributed by atoms with E-state index < -0.39 is 0 Å². The normalized spacial score (nSPS) is 15.9. The average Bonchev–Trinajstić information content (AvgIpc) is 3.14. The minimum atomic E-state index is -0.247. The number of esters is 1. The number of hydrogen-bond acceptors (Lipinski definition) is 5. The molecule has 22 heavy (non-hydrogen) atoms. The number of ether oxygens (including phenoxy) is 1. The van der Waals surface area contributed by atoms with Gasteiger partial charge in [0.15, 0.2) is 0 Å². The van der Waals surface area contributed by atoms with Crippen LogP contribution in [0.15, 0.2) is 17.5 Å². The quantitative estimate of drug-likeness (QED) is 0.790. The molecular formula is C17H21NO2S2. The zero-order chi connectivity index (χ0) is 15.5. The van der Waals surface area contributed by atoms with E-state index in [2.05, 4.69) is 6.92 Å². The smallest absolute Gasteiger partial charge is 0.342 e. The van der Waals surface area contributed by atoms with Crippen molar-refractivity contribution in [3.63, 3.8) is 0 Å². The summed E-state index contributed by atoms with van der Waals surface area (Å²) >= 11 is 3.15. The van der Waals surface area contributed by atoms with Crippen LogP contribution in [-0.4, -0.2) is 12.1 Å². The Labute approximate surface area is 139 Å². The van der Waals surface area contributed by atoms with Gasteiger partial charge >= 0.3 is 5.97 Å². The Balaban J connectivity index is 1.92. The van der Waals surface area contributed by atoms with E-state index in [9.17, 15) is 4.79 Å². The van der Waals surface area contributed by atoms with Gasteiger partial charge in [0.2, 0.25) is 0 Å². The van der Waals surface area contributed by atoms with Gasteiger partial charge in [-0.1, -0.05) is 19.4 Å². The number of thiophene rings is 2. The summed E-state index contributed by atoms with van der Waals surface area (Å²) in [6.07, 6.45) is 6.43. The molecule has 3 rings (SSSR count). The molecule has 0 atom stereocenters. The molecule has 0 unspecified atom stereocenters. The summed E-state index contributed by atoms with van der Waals surface area (Å²) in [5.74, 6) is -0.247. The lowest BCUT2D eigenvalue weighted by atomic mass is 9.97. The fourth-order valence-corrected chi connectivity index (χ4v) is 4.90. The van der Waals surface area contributed by atoms with Crippen molar-refractivity contribution in [3.8, 4) is 10.4 Å². The number of aryl methyl sites for hydroxylation is 1. The highest BCUT2D eigenvalue weighted by Gasteiger charge is 2.27. The minimum absolute atomic E-state index is 0.0572. The molecule has 1 aliphatic rings. The van der Waals surface area contributed by atoms with Crippen LogP contribution in [0.25, 0.3) is 10.4 Å². The van der Waals surface area contributed by atoms with Crippen molar-refractivity contribution in [1.82, 2.24) is 0 Å². The van der Waals surface area contributed by atoms with Crippen LogP contribution in [0.5, 0.6) is 0 Å². The number of nitrogens with two attached hydrogens (primary N) is 1.